The Bertz CT molecular complexity index is 1120. The number of para-hydroxylation sites is 3. The van der Waals surface area contributed by atoms with Crippen molar-refractivity contribution in [3.05, 3.63) is 71.3 Å². The lowest BCUT2D eigenvalue weighted by Crippen LogP contribution is -2.10. The lowest BCUT2D eigenvalue weighted by Gasteiger charge is -2.08. The molecule has 0 radical (unpaired) electrons. The molecular weight excluding hydrogens is 621 g/mol. The van der Waals surface area contributed by atoms with Crippen LogP contribution in [-0.4, -0.2) is 61.8 Å². The molecule has 0 bridgehead atoms. The molecule has 0 aromatic heterocycles. The number of ether oxygens (including phenoxy) is 5. The molecule has 218 valence electrons. The molecule has 6 rings (SSSR count). The molecule has 7 nitrogen and oxygen atoms in total. The highest BCUT2D eigenvalue weighted by Crippen LogP contribution is 2.36. The number of hydrogen-bond acceptors (Lipinski definition) is 7. The molecule has 0 unspecified atom stereocenters. The second-order valence-corrected chi connectivity index (χ2v) is 10.2. The highest BCUT2D eigenvalue weighted by Gasteiger charge is 2.17. The van der Waals surface area contributed by atoms with Crippen LogP contribution in [0.25, 0.3) is 0 Å². The van der Waals surface area contributed by atoms with Crippen LogP contribution in [-0.2, 0) is 19.3 Å². The minimum absolute atomic E-state index is 0.259. The third kappa shape index (κ3) is 9.54. The first-order valence-electron chi connectivity index (χ1n) is 13.2. The van der Waals surface area contributed by atoms with Gasteiger partial charge in [0, 0.05) is 53.7 Å². The van der Waals surface area contributed by atoms with E-state index in [2.05, 4.69) is 28.1 Å². The Morgan fingerprint density at radius 3 is 1.60 bits per heavy atom. The average Bonchev–Trinajstić information content (AvgIpc) is 3.77. The van der Waals surface area contributed by atoms with E-state index in [4.69, 9.17) is 52.6 Å². The molecule has 3 aliphatic rings. The van der Waals surface area contributed by atoms with Crippen LogP contribution in [0.15, 0.2) is 54.6 Å². The Hall–Kier alpha value is -2.52. The van der Waals surface area contributed by atoms with Gasteiger partial charge in [-0.3, -0.25) is 0 Å². The van der Waals surface area contributed by atoms with E-state index in [1.165, 1.54) is 11.1 Å². The van der Waals surface area contributed by atoms with E-state index in [1.54, 1.807) is 6.07 Å². The Morgan fingerprint density at radius 2 is 1.15 bits per heavy atom. The Morgan fingerprint density at radius 1 is 0.700 bits per heavy atom. The summed E-state index contributed by atoms with van der Waals surface area (Å²) in [5, 5.41) is 10.1. The number of phenols is 1. The van der Waals surface area contributed by atoms with Gasteiger partial charge in [-0.2, -0.15) is 0 Å². The maximum absolute atomic E-state index is 9.21. The van der Waals surface area contributed by atoms with Crippen molar-refractivity contribution in [3.8, 4) is 34.5 Å². The van der Waals surface area contributed by atoms with Gasteiger partial charge in [0.1, 0.15) is 13.2 Å². The third-order valence-electron chi connectivity index (χ3n) is 5.83. The van der Waals surface area contributed by atoms with Gasteiger partial charge in [-0.05, 0) is 18.2 Å². The van der Waals surface area contributed by atoms with Crippen LogP contribution in [0, 0.1) is 0 Å². The van der Waals surface area contributed by atoms with Crippen molar-refractivity contribution < 1.29 is 28.8 Å². The van der Waals surface area contributed by atoms with Gasteiger partial charge in [0.2, 0.25) is 0 Å². The van der Waals surface area contributed by atoms with Crippen molar-refractivity contribution in [2.24, 2.45) is 5.73 Å². The first-order valence-corrected chi connectivity index (χ1v) is 15.4. The van der Waals surface area contributed by atoms with Crippen molar-refractivity contribution in [2.75, 3.05) is 56.7 Å². The van der Waals surface area contributed by atoms with Gasteiger partial charge in [-0.15, -0.1) is 23.2 Å². The zero-order chi connectivity index (χ0) is 28.6. The van der Waals surface area contributed by atoms with E-state index in [0.29, 0.717) is 43.9 Å². The fourth-order valence-electron chi connectivity index (χ4n) is 4.11. The summed E-state index contributed by atoms with van der Waals surface area (Å²) < 4.78 is 27.0. The molecule has 0 spiro atoms. The topological polar surface area (TPSA) is 92.4 Å². The van der Waals surface area contributed by atoms with E-state index in [0.717, 1.165) is 66.4 Å². The van der Waals surface area contributed by atoms with Gasteiger partial charge in [-0.1, -0.05) is 52.3 Å². The zero-order valence-electron chi connectivity index (χ0n) is 22.4. The fraction of sp³-hybridized carbons (Fsp3) is 0.400. The quantitative estimate of drug-likeness (QED) is 0.295. The summed E-state index contributed by atoms with van der Waals surface area (Å²) in [4.78, 5) is 0. The Labute approximate surface area is 254 Å². The van der Waals surface area contributed by atoms with Crippen LogP contribution < -0.4 is 29.4 Å². The van der Waals surface area contributed by atoms with Crippen LogP contribution in [0.4, 0.5) is 0 Å². The second kappa shape index (κ2) is 18.0. The lowest BCUT2D eigenvalue weighted by atomic mass is 10.1. The smallest absolute Gasteiger partial charge is 0.164 e. The van der Waals surface area contributed by atoms with Gasteiger partial charge in [0.15, 0.2) is 34.5 Å². The van der Waals surface area contributed by atoms with E-state index in [9.17, 15) is 5.11 Å². The number of halogens is 3. The maximum atomic E-state index is 9.21. The summed E-state index contributed by atoms with van der Waals surface area (Å²) >= 11 is 13.8. The largest absolute Gasteiger partial charge is 0.504 e. The van der Waals surface area contributed by atoms with Crippen molar-refractivity contribution in [1.82, 2.24) is 0 Å². The number of rotatable bonds is 7. The molecule has 0 aliphatic carbocycles. The number of nitrogens with two attached hydrogens (primary N) is 1. The highest BCUT2D eigenvalue weighted by molar-refractivity contribution is 9.09. The summed E-state index contributed by atoms with van der Waals surface area (Å²) in [6.45, 7) is 3.83. The predicted molar refractivity (Wildman–Crippen MR) is 164 cm³/mol. The molecule has 3 aromatic carbocycles. The maximum Gasteiger partial charge on any atom is 0.164 e. The van der Waals surface area contributed by atoms with Crippen LogP contribution in [0.3, 0.4) is 0 Å². The van der Waals surface area contributed by atoms with Crippen LogP contribution >= 0.6 is 39.1 Å². The summed E-state index contributed by atoms with van der Waals surface area (Å²) in [6, 6.07) is 17.4. The molecule has 0 atom stereocenters. The van der Waals surface area contributed by atoms with Crippen molar-refractivity contribution in [3.63, 3.8) is 0 Å². The monoisotopic (exact) mass is 655 g/mol. The molecule has 10 heteroatoms. The molecular formula is C30H36BrCl2NO6. The van der Waals surface area contributed by atoms with E-state index in [1.807, 2.05) is 36.4 Å². The molecule has 0 fully saturated rings. The molecule has 0 saturated heterocycles. The molecule has 3 aromatic rings. The van der Waals surface area contributed by atoms with Gasteiger partial charge in [0.25, 0.3) is 0 Å². The predicted octanol–water partition coefficient (Wildman–Crippen LogP) is 6.15. The van der Waals surface area contributed by atoms with E-state index in [-0.39, 0.29) is 5.75 Å². The number of benzene rings is 3. The first kappa shape index (κ1) is 32.0. The summed E-state index contributed by atoms with van der Waals surface area (Å²) in [5.74, 6) is 5.57. The molecule has 0 amide bonds. The van der Waals surface area contributed by atoms with Crippen molar-refractivity contribution in [1.29, 1.82) is 0 Å². The number of hydrogen-bond donors (Lipinski definition) is 2. The summed E-state index contributed by atoms with van der Waals surface area (Å²) in [7, 11) is 0. The molecule has 3 aliphatic heterocycles. The fourth-order valence-corrected chi connectivity index (χ4v) is 4.19. The molecule has 3 N–H and O–H groups in total. The van der Waals surface area contributed by atoms with Crippen LogP contribution in [0.2, 0.25) is 0 Å². The summed E-state index contributed by atoms with van der Waals surface area (Å²) in [5.41, 5.74) is 8.93. The van der Waals surface area contributed by atoms with Gasteiger partial charge in [0.05, 0.1) is 25.7 Å². The first-order chi connectivity index (χ1) is 19.6. The van der Waals surface area contributed by atoms with Gasteiger partial charge in [-0.25, -0.2) is 0 Å². The summed E-state index contributed by atoms with van der Waals surface area (Å²) in [6.07, 6.45) is 2.88. The molecule has 40 heavy (non-hydrogen) atoms. The van der Waals surface area contributed by atoms with Crippen molar-refractivity contribution >= 4 is 39.1 Å². The normalized spacial score (nSPS) is 13.2. The molecule has 0 saturated carbocycles. The van der Waals surface area contributed by atoms with E-state index < -0.39 is 0 Å². The van der Waals surface area contributed by atoms with E-state index >= 15 is 0 Å². The Balaban J connectivity index is 0.000000156. The second-order valence-electron chi connectivity index (χ2n) is 8.60. The number of fused-ring (bicyclic) bond motifs is 3. The van der Waals surface area contributed by atoms with Gasteiger partial charge < -0.3 is 34.5 Å². The average molecular weight is 657 g/mol. The van der Waals surface area contributed by atoms with Crippen LogP contribution in [0.1, 0.15) is 16.7 Å². The number of aromatic hydroxyl groups is 1. The van der Waals surface area contributed by atoms with Gasteiger partial charge >= 0.3 is 0 Å². The standard InChI is InChI=1S/C10H11ClO2.C10H13NO2.C8H8O2.C2H4BrCl/c2*11-5-7-12-9-3-1-2-8-4-6-13-10(8)9;9-7-3-1-2-6-4-5-10-8(6)7;3-1-2-4/h1-3H,4-7H2;1-3H,4-7,11H2;1-3,9H,4-5H2;1-2H2. The van der Waals surface area contributed by atoms with Crippen LogP contribution in [0.5, 0.6) is 34.5 Å². The minimum atomic E-state index is 0.259. The third-order valence-corrected chi connectivity index (χ3v) is 7.03. The lowest BCUT2D eigenvalue weighted by molar-refractivity contribution is 0.292. The Kier molecular flexibility index (Phi) is 14.4. The number of alkyl halides is 3. The van der Waals surface area contributed by atoms with Crippen molar-refractivity contribution in [2.45, 2.75) is 19.3 Å². The highest BCUT2D eigenvalue weighted by atomic mass is 79.9. The number of phenolic OH excluding ortho intramolecular Hbond substituents is 1. The zero-order valence-corrected chi connectivity index (χ0v) is 25.5. The molecule has 3 heterocycles. The minimum Gasteiger partial charge on any atom is -0.504 e. The SMILES string of the molecule is ClCCBr.ClCCOc1cccc2c1OCC2.NCCOc1cccc2c1OCC2.Oc1cccc2c1OCC2.